The minimum absolute atomic E-state index is 0.248. The molecule has 7 rings (SSSR count). The molecule has 0 saturated carbocycles. The summed E-state index contributed by atoms with van der Waals surface area (Å²) in [4.78, 5) is 57.7. The van der Waals surface area contributed by atoms with Gasteiger partial charge in [-0.2, -0.15) is 0 Å². The molecule has 3 aliphatic rings. The van der Waals surface area contributed by atoms with E-state index >= 15 is 0 Å². The van der Waals surface area contributed by atoms with E-state index in [0.717, 1.165) is 21.4 Å². The third-order valence-electron chi connectivity index (χ3n) is 8.24. The molecule has 4 N–H and O–H groups in total. The van der Waals surface area contributed by atoms with Crippen LogP contribution in [-0.4, -0.2) is 34.7 Å². The Morgan fingerprint density at radius 2 is 1.80 bits per heavy atom. The summed E-state index contributed by atoms with van der Waals surface area (Å²) in [5, 5.41) is 9.80. The van der Waals surface area contributed by atoms with Gasteiger partial charge in [0.1, 0.15) is 11.4 Å². The van der Waals surface area contributed by atoms with Crippen LogP contribution in [0.2, 0.25) is 0 Å². The van der Waals surface area contributed by atoms with E-state index in [2.05, 4.69) is 20.9 Å². The predicted molar refractivity (Wildman–Crippen MR) is 146 cm³/mol. The van der Waals surface area contributed by atoms with E-state index in [0.29, 0.717) is 29.0 Å². The van der Waals surface area contributed by atoms with Gasteiger partial charge in [-0.25, -0.2) is 9.29 Å². The zero-order valence-corrected chi connectivity index (χ0v) is 21.3. The first-order valence-electron chi connectivity index (χ1n) is 13.0. The van der Waals surface area contributed by atoms with Crippen molar-refractivity contribution in [3.8, 4) is 0 Å². The van der Waals surface area contributed by atoms with E-state index in [1.165, 1.54) is 25.1 Å². The van der Waals surface area contributed by atoms with Crippen LogP contribution in [0.25, 0.3) is 10.9 Å². The molecular formula is C30H24FN5O4. The highest BCUT2D eigenvalue weighted by atomic mass is 19.1. The van der Waals surface area contributed by atoms with E-state index in [9.17, 15) is 23.6 Å². The molecule has 1 aromatic heterocycles. The Balaban J connectivity index is 1.34. The Bertz CT molecular complexity index is 1750. The van der Waals surface area contributed by atoms with Crippen molar-refractivity contribution >= 4 is 51.6 Å². The van der Waals surface area contributed by atoms with E-state index in [-0.39, 0.29) is 5.91 Å². The van der Waals surface area contributed by atoms with E-state index in [4.69, 9.17) is 0 Å². The van der Waals surface area contributed by atoms with E-state index in [1.54, 1.807) is 24.3 Å². The van der Waals surface area contributed by atoms with Gasteiger partial charge in [-0.15, -0.1) is 0 Å². The van der Waals surface area contributed by atoms with Gasteiger partial charge in [-0.1, -0.05) is 18.2 Å². The topological polar surface area (TPSA) is 123 Å². The Kier molecular flexibility index (Phi) is 5.20. The normalized spacial score (nSPS) is 25.0. The molecule has 200 valence electrons. The molecule has 1 spiro atoms. The maximum Gasteiger partial charge on any atom is 0.250 e. The van der Waals surface area contributed by atoms with Gasteiger partial charge >= 0.3 is 0 Å². The summed E-state index contributed by atoms with van der Waals surface area (Å²) >= 11 is 0. The molecule has 0 radical (unpaired) electrons. The number of amides is 4. The fraction of sp³-hybridized carbons (Fsp3) is 0.200. The van der Waals surface area contributed by atoms with E-state index in [1.807, 2.05) is 30.5 Å². The lowest BCUT2D eigenvalue weighted by Crippen LogP contribution is -2.53. The summed E-state index contributed by atoms with van der Waals surface area (Å²) in [5.74, 6) is -4.23. The molecule has 4 atom stereocenters. The summed E-state index contributed by atoms with van der Waals surface area (Å²) in [7, 11) is 0. The van der Waals surface area contributed by atoms with Gasteiger partial charge in [-0.3, -0.25) is 24.5 Å². The second-order valence-electron chi connectivity index (χ2n) is 10.5. The lowest BCUT2D eigenvalue weighted by Gasteiger charge is -2.29. The number of carbonyl (C=O) groups excluding carboxylic acids is 4. The molecular weight excluding hydrogens is 513 g/mol. The third kappa shape index (κ3) is 3.35. The number of anilines is 3. The standard InChI is InChI=1S/C30H24FN5O4/c1-15(37)33-18-7-9-19(10-8-18)36-27(38)25-24(12-16-14-32-22-5-3-2-4-20(16)22)35-30(26(25)28(36)39)21-13-17(31)6-11-23(21)34-29(30)40/h2-11,13-14,24-26,32,35H,12H2,1H3,(H,33,37)(H,34,40)/t24?,25-,26+,30?/m1/s1. The summed E-state index contributed by atoms with van der Waals surface area (Å²) in [6, 6.07) is 17.5. The number of aromatic amines is 1. The average molecular weight is 538 g/mol. The van der Waals surface area contributed by atoms with Gasteiger partial charge in [0.25, 0.3) is 0 Å². The minimum Gasteiger partial charge on any atom is -0.361 e. The predicted octanol–water partition coefficient (Wildman–Crippen LogP) is 3.43. The number of fused-ring (bicyclic) bond motifs is 5. The Labute approximate surface area is 227 Å². The lowest BCUT2D eigenvalue weighted by atomic mass is 9.76. The van der Waals surface area contributed by atoms with Gasteiger partial charge < -0.3 is 15.6 Å². The number of nitrogens with zero attached hydrogens (tertiary/aromatic N) is 1. The smallest absolute Gasteiger partial charge is 0.250 e. The maximum atomic E-state index is 14.5. The molecule has 4 heterocycles. The van der Waals surface area contributed by atoms with Gasteiger partial charge in [0, 0.05) is 47.0 Å². The molecule has 4 aromatic rings. The summed E-state index contributed by atoms with van der Waals surface area (Å²) in [6.45, 7) is 1.39. The Morgan fingerprint density at radius 1 is 1.02 bits per heavy atom. The van der Waals surface area contributed by atoms with Crippen molar-refractivity contribution < 1.29 is 23.6 Å². The van der Waals surface area contributed by atoms with E-state index < -0.39 is 47.0 Å². The van der Waals surface area contributed by atoms with Crippen molar-refractivity contribution in [2.24, 2.45) is 11.8 Å². The molecule has 10 heteroatoms. The Morgan fingerprint density at radius 3 is 2.58 bits per heavy atom. The first-order chi connectivity index (χ1) is 19.3. The van der Waals surface area contributed by atoms with Crippen LogP contribution in [-0.2, 0) is 31.1 Å². The number of imide groups is 1. The number of aromatic nitrogens is 1. The van der Waals surface area contributed by atoms with Crippen molar-refractivity contribution in [3.05, 3.63) is 89.9 Å². The number of H-pyrrole nitrogens is 1. The summed E-state index contributed by atoms with van der Waals surface area (Å²) < 4.78 is 14.5. The quantitative estimate of drug-likeness (QED) is 0.297. The second-order valence-corrected chi connectivity index (χ2v) is 10.5. The van der Waals surface area contributed by atoms with Crippen LogP contribution < -0.4 is 20.9 Å². The first-order valence-corrected chi connectivity index (χ1v) is 13.0. The first kappa shape index (κ1) is 24.2. The zero-order valence-electron chi connectivity index (χ0n) is 21.3. The van der Waals surface area contributed by atoms with Crippen molar-refractivity contribution in [2.45, 2.75) is 24.9 Å². The average Bonchev–Trinajstić information content (AvgIpc) is 3.64. The highest BCUT2D eigenvalue weighted by Gasteiger charge is 2.70. The van der Waals surface area contributed by atoms with Crippen LogP contribution >= 0.6 is 0 Å². The highest BCUT2D eigenvalue weighted by molar-refractivity contribution is 6.26. The van der Waals surface area contributed by atoms with Crippen LogP contribution in [0.1, 0.15) is 18.1 Å². The molecule has 4 amide bonds. The number of benzene rings is 3. The number of nitrogens with one attached hydrogen (secondary N) is 4. The number of para-hydroxylation sites is 1. The molecule has 2 fully saturated rings. The van der Waals surface area contributed by atoms with Crippen LogP contribution in [0, 0.1) is 17.7 Å². The number of halogens is 1. The minimum atomic E-state index is -1.61. The molecule has 2 saturated heterocycles. The summed E-state index contributed by atoms with van der Waals surface area (Å²) in [6.07, 6.45) is 2.23. The molecule has 3 aromatic carbocycles. The van der Waals surface area contributed by atoms with Gasteiger partial charge in [0.05, 0.1) is 17.5 Å². The van der Waals surface area contributed by atoms with Crippen molar-refractivity contribution in [1.29, 1.82) is 0 Å². The molecule has 3 aliphatic heterocycles. The van der Waals surface area contributed by atoms with Crippen molar-refractivity contribution in [1.82, 2.24) is 10.3 Å². The van der Waals surface area contributed by atoms with Gasteiger partial charge in [0.15, 0.2) is 0 Å². The maximum absolute atomic E-state index is 14.5. The molecule has 0 bridgehead atoms. The summed E-state index contributed by atoms with van der Waals surface area (Å²) in [5.41, 5.74) is 1.82. The SMILES string of the molecule is CC(=O)Nc1ccc(N2C(=O)[C@@H]3C(Cc4c[nH]c5ccccc45)NC4(C(=O)Nc5ccc(F)cc54)[C@@H]3C2=O)cc1. The fourth-order valence-electron chi connectivity index (χ4n) is 6.64. The number of carbonyl (C=O) groups is 4. The highest BCUT2D eigenvalue weighted by Crippen LogP contribution is 2.54. The number of hydrogen-bond donors (Lipinski definition) is 4. The number of hydrogen-bond acceptors (Lipinski definition) is 5. The van der Waals surface area contributed by atoms with Gasteiger partial charge in [-0.05, 0) is 60.5 Å². The third-order valence-corrected chi connectivity index (χ3v) is 8.24. The molecule has 2 unspecified atom stereocenters. The second kappa shape index (κ2) is 8.59. The molecule has 0 aliphatic carbocycles. The number of rotatable bonds is 4. The van der Waals surface area contributed by atoms with Crippen molar-refractivity contribution in [2.75, 3.05) is 15.5 Å². The van der Waals surface area contributed by atoms with Crippen LogP contribution in [0.3, 0.4) is 0 Å². The lowest BCUT2D eigenvalue weighted by molar-refractivity contribution is -0.130. The van der Waals surface area contributed by atoms with Crippen LogP contribution in [0.15, 0.2) is 72.9 Å². The monoisotopic (exact) mass is 537 g/mol. The Hall–Kier alpha value is -4.83. The van der Waals surface area contributed by atoms with Crippen LogP contribution in [0.4, 0.5) is 21.5 Å². The van der Waals surface area contributed by atoms with Crippen molar-refractivity contribution in [3.63, 3.8) is 0 Å². The van der Waals surface area contributed by atoms with Gasteiger partial charge in [0.2, 0.25) is 23.6 Å². The fourth-order valence-corrected chi connectivity index (χ4v) is 6.64. The largest absolute Gasteiger partial charge is 0.361 e. The molecule has 9 nitrogen and oxygen atoms in total. The van der Waals surface area contributed by atoms with Crippen LogP contribution in [0.5, 0.6) is 0 Å². The molecule has 40 heavy (non-hydrogen) atoms. The zero-order chi connectivity index (χ0) is 27.8.